The highest BCUT2D eigenvalue weighted by atomic mass is 15.1. The predicted molar refractivity (Wildman–Crippen MR) is 73.5 cm³/mol. The van der Waals surface area contributed by atoms with Crippen LogP contribution in [0.3, 0.4) is 0 Å². The molecular formula is C13H24N4. The van der Waals surface area contributed by atoms with Gasteiger partial charge in [0.25, 0.3) is 0 Å². The van der Waals surface area contributed by atoms with E-state index in [9.17, 15) is 0 Å². The molecule has 0 saturated heterocycles. The first-order valence-corrected chi connectivity index (χ1v) is 6.28. The van der Waals surface area contributed by atoms with Crippen LogP contribution in [0.1, 0.15) is 46.4 Å². The van der Waals surface area contributed by atoms with E-state index in [2.05, 4.69) is 48.3 Å². The van der Waals surface area contributed by atoms with Crippen molar-refractivity contribution in [1.29, 1.82) is 0 Å². The summed E-state index contributed by atoms with van der Waals surface area (Å²) in [5.74, 6) is 2.57. The number of nitrogens with zero attached hydrogens (tertiary/aromatic N) is 2. The first-order valence-electron chi connectivity index (χ1n) is 6.28. The molecule has 4 heteroatoms. The summed E-state index contributed by atoms with van der Waals surface area (Å²) in [5, 5.41) is 6.68. The molecule has 1 heterocycles. The minimum atomic E-state index is 0.0154. The second-order valence-electron chi connectivity index (χ2n) is 5.34. The summed E-state index contributed by atoms with van der Waals surface area (Å²) in [4.78, 5) is 8.76. The van der Waals surface area contributed by atoms with Gasteiger partial charge in [0.05, 0.1) is 0 Å². The SMILES string of the molecule is CCCCNc1cc(NC(C)(C)C)nc(C)n1. The molecule has 0 aliphatic carbocycles. The van der Waals surface area contributed by atoms with Crippen LogP contribution in [-0.4, -0.2) is 22.1 Å². The zero-order chi connectivity index (χ0) is 12.9. The van der Waals surface area contributed by atoms with Crippen LogP contribution in [-0.2, 0) is 0 Å². The fourth-order valence-electron chi connectivity index (χ4n) is 1.50. The minimum Gasteiger partial charge on any atom is -0.370 e. The molecule has 2 N–H and O–H groups in total. The van der Waals surface area contributed by atoms with Gasteiger partial charge < -0.3 is 10.6 Å². The fraction of sp³-hybridized carbons (Fsp3) is 0.692. The molecule has 1 aromatic rings. The van der Waals surface area contributed by atoms with Gasteiger partial charge in [0.15, 0.2) is 0 Å². The van der Waals surface area contributed by atoms with E-state index in [-0.39, 0.29) is 5.54 Å². The van der Waals surface area contributed by atoms with Gasteiger partial charge in [0, 0.05) is 18.2 Å². The van der Waals surface area contributed by atoms with Gasteiger partial charge in [0.2, 0.25) is 0 Å². The monoisotopic (exact) mass is 236 g/mol. The number of rotatable bonds is 5. The van der Waals surface area contributed by atoms with E-state index < -0.39 is 0 Å². The van der Waals surface area contributed by atoms with Crippen LogP contribution in [0.2, 0.25) is 0 Å². The number of unbranched alkanes of at least 4 members (excludes halogenated alkanes) is 1. The quantitative estimate of drug-likeness (QED) is 0.771. The molecular weight excluding hydrogens is 212 g/mol. The van der Waals surface area contributed by atoms with Crippen molar-refractivity contribution in [2.75, 3.05) is 17.2 Å². The Labute approximate surface area is 104 Å². The van der Waals surface area contributed by atoms with Gasteiger partial charge in [-0.3, -0.25) is 0 Å². The molecule has 1 rings (SSSR count). The molecule has 0 atom stereocenters. The van der Waals surface area contributed by atoms with Gasteiger partial charge >= 0.3 is 0 Å². The van der Waals surface area contributed by atoms with Gasteiger partial charge in [-0.2, -0.15) is 0 Å². The zero-order valence-electron chi connectivity index (χ0n) is 11.6. The first kappa shape index (κ1) is 13.7. The van der Waals surface area contributed by atoms with Crippen molar-refractivity contribution >= 4 is 11.6 Å². The normalized spacial score (nSPS) is 11.4. The largest absolute Gasteiger partial charge is 0.370 e. The lowest BCUT2D eigenvalue weighted by molar-refractivity contribution is 0.629. The van der Waals surface area contributed by atoms with Crippen LogP contribution in [0.4, 0.5) is 11.6 Å². The van der Waals surface area contributed by atoms with Crippen LogP contribution in [0, 0.1) is 6.92 Å². The van der Waals surface area contributed by atoms with Crippen LogP contribution in [0.15, 0.2) is 6.07 Å². The Bertz CT molecular complexity index is 355. The van der Waals surface area contributed by atoms with Crippen molar-refractivity contribution in [1.82, 2.24) is 9.97 Å². The molecule has 0 spiro atoms. The van der Waals surface area contributed by atoms with E-state index in [1.165, 1.54) is 6.42 Å². The average Bonchev–Trinajstić information content (AvgIpc) is 2.14. The standard InChI is InChI=1S/C13H24N4/c1-6-7-8-14-11-9-12(16-10(2)15-11)17-13(3,4)5/h9H,6-8H2,1-5H3,(H2,14,15,16,17). The first-order chi connectivity index (χ1) is 7.90. The summed E-state index contributed by atoms with van der Waals surface area (Å²) < 4.78 is 0. The summed E-state index contributed by atoms with van der Waals surface area (Å²) in [7, 11) is 0. The molecule has 96 valence electrons. The second kappa shape index (κ2) is 5.84. The molecule has 0 radical (unpaired) electrons. The number of anilines is 2. The van der Waals surface area contributed by atoms with Gasteiger partial charge in [-0.1, -0.05) is 13.3 Å². The highest BCUT2D eigenvalue weighted by Gasteiger charge is 2.11. The molecule has 0 fully saturated rings. The lowest BCUT2D eigenvalue weighted by Crippen LogP contribution is -2.27. The molecule has 17 heavy (non-hydrogen) atoms. The Balaban J connectivity index is 2.72. The average molecular weight is 236 g/mol. The summed E-state index contributed by atoms with van der Waals surface area (Å²) in [5.41, 5.74) is 0.0154. The fourth-order valence-corrected chi connectivity index (χ4v) is 1.50. The third kappa shape index (κ3) is 5.52. The lowest BCUT2D eigenvalue weighted by Gasteiger charge is -2.21. The van der Waals surface area contributed by atoms with Crippen molar-refractivity contribution in [3.05, 3.63) is 11.9 Å². The van der Waals surface area contributed by atoms with Crippen molar-refractivity contribution in [3.63, 3.8) is 0 Å². The highest BCUT2D eigenvalue weighted by molar-refractivity contribution is 5.48. The number of hydrogen-bond donors (Lipinski definition) is 2. The number of aryl methyl sites for hydroxylation is 1. The van der Waals surface area contributed by atoms with E-state index in [4.69, 9.17) is 0 Å². The number of hydrogen-bond acceptors (Lipinski definition) is 4. The smallest absolute Gasteiger partial charge is 0.132 e. The predicted octanol–water partition coefficient (Wildman–Crippen LogP) is 3.21. The molecule has 0 bridgehead atoms. The lowest BCUT2D eigenvalue weighted by atomic mass is 10.1. The summed E-state index contributed by atoms with van der Waals surface area (Å²) >= 11 is 0. The van der Waals surface area contributed by atoms with Crippen molar-refractivity contribution < 1.29 is 0 Å². The number of aromatic nitrogens is 2. The third-order valence-electron chi connectivity index (χ3n) is 2.18. The van der Waals surface area contributed by atoms with E-state index in [1.807, 2.05) is 13.0 Å². The Morgan fingerprint density at radius 2 is 1.82 bits per heavy atom. The maximum absolute atomic E-state index is 4.39. The second-order valence-corrected chi connectivity index (χ2v) is 5.34. The van der Waals surface area contributed by atoms with E-state index >= 15 is 0 Å². The van der Waals surface area contributed by atoms with Gasteiger partial charge in [-0.05, 0) is 34.1 Å². The molecule has 0 saturated carbocycles. The molecule has 0 amide bonds. The van der Waals surface area contributed by atoms with Crippen LogP contribution in [0.5, 0.6) is 0 Å². The Hall–Kier alpha value is -1.32. The van der Waals surface area contributed by atoms with Crippen molar-refractivity contribution in [2.24, 2.45) is 0 Å². The minimum absolute atomic E-state index is 0.0154. The Morgan fingerprint density at radius 3 is 2.41 bits per heavy atom. The molecule has 0 aliphatic heterocycles. The Morgan fingerprint density at radius 1 is 1.18 bits per heavy atom. The van der Waals surface area contributed by atoms with Crippen molar-refractivity contribution in [2.45, 2.75) is 53.0 Å². The maximum atomic E-state index is 4.39. The van der Waals surface area contributed by atoms with Crippen LogP contribution >= 0.6 is 0 Å². The molecule has 0 aliphatic rings. The third-order valence-corrected chi connectivity index (χ3v) is 2.18. The zero-order valence-corrected chi connectivity index (χ0v) is 11.6. The van der Waals surface area contributed by atoms with Crippen LogP contribution in [0.25, 0.3) is 0 Å². The molecule has 1 aromatic heterocycles. The topological polar surface area (TPSA) is 49.8 Å². The molecule has 4 nitrogen and oxygen atoms in total. The summed E-state index contributed by atoms with van der Waals surface area (Å²) in [6.07, 6.45) is 2.34. The summed E-state index contributed by atoms with van der Waals surface area (Å²) in [6.45, 7) is 11.4. The van der Waals surface area contributed by atoms with Crippen LogP contribution < -0.4 is 10.6 Å². The highest BCUT2D eigenvalue weighted by Crippen LogP contribution is 2.15. The van der Waals surface area contributed by atoms with Gasteiger partial charge in [-0.25, -0.2) is 9.97 Å². The van der Waals surface area contributed by atoms with E-state index in [1.54, 1.807) is 0 Å². The molecule has 0 aromatic carbocycles. The van der Waals surface area contributed by atoms with Gasteiger partial charge in [0.1, 0.15) is 17.5 Å². The van der Waals surface area contributed by atoms with Crippen molar-refractivity contribution in [3.8, 4) is 0 Å². The number of nitrogens with one attached hydrogen (secondary N) is 2. The Kier molecular flexibility index (Phi) is 4.73. The summed E-state index contributed by atoms with van der Waals surface area (Å²) in [6, 6.07) is 1.97. The maximum Gasteiger partial charge on any atom is 0.132 e. The van der Waals surface area contributed by atoms with Gasteiger partial charge in [-0.15, -0.1) is 0 Å². The van der Waals surface area contributed by atoms with E-state index in [0.717, 1.165) is 30.4 Å². The molecule has 0 unspecified atom stereocenters. The van der Waals surface area contributed by atoms with E-state index in [0.29, 0.717) is 0 Å².